The highest BCUT2D eigenvalue weighted by Crippen LogP contribution is 2.22. The molecule has 5 nitrogen and oxygen atoms in total. The molecule has 0 fully saturated rings. The third-order valence-corrected chi connectivity index (χ3v) is 2.87. The van der Waals surface area contributed by atoms with E-state index in [4.69, 9.17) is 5.11 Å². The van der Waals surface area contributed by atoms with Gasteiger partial charge in [-0.2, -0.15) is 0 Å². The summed E-state index contributed by atoms with van der Waals surface area (Å²) in [5.74, 6) is -1.22. The Bertz CT molecular complexity index is 478. The molecule has 0 radical (unpaired) electrons. The zero-order chi connectivity index (χ0) is 14.6. The van der Waals surface area contributed by atoms with Gasteiger partial charge in [0.1, 0.15) is 0 Å². The molecule has 5 heteroatoms. The third kappa shape index (κ3) is 4.69. The zero-order valence-electron chi connectivity index (χ0n) is 11.7. The highest BCUT2D eigenvalue weighted by Gasteiger charge is 2.28. The number of carboxylic acid groups (broad SMARTS) is 1. The first-order chi connectivity index (χ1) is 8.70. The molecule has 0 spiro atoms. The van der Waals surface area contributed by atoms with Crippen molar-refractivity contribution in [2.24, 2.45) is 5.41 Å². The summed E-state index contributed by atoms with van der Waals surface area (Å²) in [6.07, 6.45) is 3.03. The molecule has 1 rings (SSSR count). The van der Waals surface area contributed by atoms with Gasteiger partial charge in [0, 0.05) is 18.4 Å². The first-order valence-electron chi connectivity index (χ1n) is 6.14. The molecule has 0 bridgehead atoms. The molecule has 1 amide bonds. The van der Waals surface area contributed by atoms with Gasteiger partial charge in [0.2, 0.25) is 0 Å². The quantitative estimate of drug-likeness (QED) is 0.871. The van der Waals surface area contributed by atoms with Crippen molar-refractivity contribution < 1.29 is 14.7 Å². The maximum atomic E-state index is 12.1. The number of rotatable bonds is 4. The minimum Gasteiger partial charge on any atom is -0.481 e. The van der Waals surface area contributed by atoms with Gasteiger partial charge in [-0.3, -0.25) is 14.6 Å². The van der Waals surface area contributed by atoms with Gasteiger partial charge in [-0.1, -0.05) is 20.8 Å². The number of amides is 1. The number of hydrogen-bond donors (Lipinski definition) is 2. The third-order valence-electron chi connectivity index (χ3n) is 2.87. The maximum absolute atomic E-state index is 12.1. The minimum atomic E-state index is -0.928. The second kappa shape index (κ2) is 5.82. The molecule has 104 valence electrons. The van der Waals surface area contributed by atoms with Crippen LogP contribution in [0.15, 0.2) is 18.5 Å². The molecule has 0 saturated carbocycles. The van der Waals surface area contributed by atoms with Crippen molar-refractivity contribution in [3.05, 3.63) is 29.6 Å². The van der Waals surface area contributed by atoms with E-state index in [0.717, 1.165) is 5.56 Å². The SMILES string of the molecule is Cc1cncc(C(=O)NC(CC(=O)O)C(C)(C)C)c1. The monoisotopic (exact) mass is 264 g/mol. The van der Waals surface area contributed by atoms with E-state index in [-0.39, 0.29) is 17.7 Å². The molecular weight excluding hydrogens is 244 g/mol. The van der Waals surface area contributed by atoms with Crippen LogP contribution < -0.4 is 5.32 Å². The molecule has 0 aromatic carbocycles. The van der Waals surface area contributed by atoms with E-state index in [2.05, 4.69) is 10.3 Å². The standard InChI is InChI=1S/C14H20N2O3/c1-9-5-10(8-15-7-9)13(19)16-11(6-12(17)18)14(2,3)4/h5,7-8,11H,6H2,1-4H3,(H,16,19)(H,17,18). The summed E-state index contributed by atoms with van der Waals surface area (Å²) < 4.78 is 0. The Kier molecular flexibility index (Phi) is 4.64. The molecule has 0 aliphatic rings. The van der Waals surface area contributed by atoms with Gasteiger partial charge in [-0.15, -0.1) is 0 Å². The van der Waals surface area contributed by atoms with Crippen molar-refractivity contribution in [2.45, 2.75) is 40.2 Å². The molecular formula is C14H20N2O3. The molecule has 1 aromatic heterocycles. The molecule has 1 aromatic rings. The number of aryl methyl sites for hydroxylation is 1. The van der Waals surface area contributed by atoms with Crippen LogP contribution in [0.3, 0.4) is 0 Å². The van der Waals surface area contributed by atoms with E-state index in [0.29, 0.717) is 5.56 Å². The van der Waals surface area contributed by atoms with Crippen molar-refractivity contribution in [3.63, 3.8) is 0 Å². The van der Waals surface area contributed by atoms with Crippen LogP contribution in [0.1, 0.15) is 43.1 Å². The van der Waals surface area contributed by atoms with Crippen LogP contribution in [0.4, 0.5) is 0 Å². The average Bonchev–Trinajstić information content (AvgIpc) is 2.26. The topological polar surface area (TPSA) is 79.3 Å². The van der Waals surface area contributed by atoms with Crippen LogP contribution >= 0.6 is 0 Å². The van der Waals surface area contributed by atoms with Gasteiger partial charge in [-0.25, -0.2) is 0 Å². The predicted molar refractivity (Wildman–Crippen MR) is 71.9 cm³/mol. The normalized spacial score (nSPS) is 12.8. The highest BCUT2D eigenvalue weighted by molar-refractivity contribution is 5.94. The van der Waals surface area contributed by atoms with Gasteiger partial charge in [0.05, 0.1) is 12.0 Å². The molecule has 1 atom stereocenters. The van der Waals surface area contributed by atoms with Crippen molar-refractivity contribution in [1.29, 1.82) is 0 Å². The smallest absolute Gasteiger partial charge is 0.305 e. The first kappa shape index (κ1) is 15.1. The van der Waals surface area contributed by atoms with Gasteiger partial charge in [0.25, 0.3) is 5.91 Å². The fourth-order valence-electron chi connectivity index (χ4n) is 1.67. The van der Waals surface area contributed by atoms with Crippen molar-refractivity contribution in [3.8, 4) is 0 Å². The number of pyridine rings is 1. The minimum absolute atomic E-state index is 0.103. The molecule has 0 saturated heterocycles. The molecule has 1 unspecified atom stereocenters. The first-order valence-corrected chi connectivity index (χ1v) is 6.14. The fourth-order valence-corrected chi connectivity index (χ4v) is 1.67. The lowest BCUT2D eigenvalue weighted by Gasteiger charge is -2.30. The van der Waals surface area contributed by atoms with Gasteiger partial charge < -0.3 is 10.4 Å². The van der Waals surface area contributed by atoms with Gasteiger partial charge in [-0.05, 0) is 24.0 Å². The van der Waals surface area contributed by atoms with Crippen molar-refractivity contribution >= 4 is 11.9 Å². The van der Waals surface area contributed by atoms with E-state index in [1.807, 2.05) is 27.7 Å². The van der Waals surface area contributed by atoms with Crippen LogP contribution in [0.25, 0.3) is 0 Å². The summed E-state index contributed by atoms with van der Waals surface area (Å²) in [7, 11) is 0. The van der Waals surface area contributed by atoms with E-state index >= 15 is 0 Å². The molecule has 2 N–H and O–H groups in total. The molecule has 1 heterocycles. The summed E-state index contributed by atoms with van der Waals surface area (Å²) in [6, 6.07) is 1.29. The summed E-state index contributed by atoms with van der Waals surface area (Å²) in [5.41, 5.74) is 1.00. The fraction of sp³-hybridized carbons (Fsp3) is 0.500. The summed E-state index contributed by atoms with van der Waals surface area (Å²) in [5, 5.41) is 11.7. The number of nitrogens with zero attached hydrogens (tertiary/aromatic N) is 1. The van der Waals surface area contributed by atoms with Crippen LogP contribution in [-0.4, -0.2) is 28.0 Å². The van der Waals surface area contributed by atoms with E-state index in [1.54, 1.807) is 12.3 Å². The van der Waals surface area contributed by atoms with Gasteiger partial charge >= 0.3 is 5.97 Å². The largest absolute Gasteiger partial charge is 0.481 e. The summed E-state index contributed by atoms with van der Waals surface area (Å²) in [4.78, 5) is 26.9. The Hall–Kier alpha value is -1.91. The second-order valence-electron chi connectivity index (χ2n) is 5.74. The maximum Gasteiger partial charge on any atom is 0.305 e. The lowest BCUT2D eigenvalue weighted by atomic mass is 9.84. The Morgan fingerprint density at radius 3 is 2.47 bits per heavy atom. The molecule has 0 aliphatic carbocycles. The number of carboxylic acids is 1. The van der Waals surface area contributed by atoms with Gasteiger partial charge in [0.15, 0.2) is 0 Å². The Morgan fingerprint density at radius 2 is 2.00 bits per heavy atom. The van der Waals surface area contributed by atoms with Crippen LogP contribution in [0, 0.1) is 12.3 Å². The number of carbonyl (C=O) groups is 2. The zero-order valence-corrected chi connectivity index (χ0v) is 11.7. The molecule has 19 heavy (non-hydrogen) atoms. The average molecular weight is 264 g/mol. The Labute approximate surface area is 113 Å². The second-order valence-corrected chi connectivity index (χ2v) is 5.74. The summed E-state index contributed by atoms with van der Waals surface area (Å²) >= 11 is 0. The van der Waals surface area contributed by atoms with Crippen molar-refractivity contribution in [1.82, 2.24) is 10.3 Å². The number of aliphatic carboxylic acids is 1. The highest BCUT2D eigenvalue weighted by atomic mass is 16.4. The summed E-state index contributed by atoms with van der Waals surface area (Å²) in [6.45, 7) is 7.54. The lowest BCUT2D eigenvalue weighted by molar-refractivity contribution is -0.138. The predicted octanol–water partition coefficient (Wildman–Crippen LogP) is 2.01. The number of nitrogens with one attached hydrogen (secondary N) is 1. The van der Waals surface area contributed by atoms with E-state index in [1.165, 1.54) is 6.20 Å². The van der Waals surface area contributed by atoms with Crippen LogP contribution in [0.2, 0.25) is 0 Å². The van der Waals surface area contributed by atoms with E-state index < -0.39 is 12.0 Å². The van der Waals surface area contributed by atoms with E-state index in [9.17, 15) is 9.59 Å². The Morgan fingerprint density at radius 1 is 1.37 bits per heavy atom. The van der Waals surface area contributed by atoms with Crippen LogP contribution in [0.5, 0.6) is 0 Å². The number of aromatic nitrogens is 1. The lowest BCUT2D eigenvalue weighted by Crippen LogP contribution is -2.45. The van der Waals surface area contributed by atoms with Crippen molar-refractivity contribution in [2.75, 3.05) is 0 Å². The molecule has 0 aliphatic heterocycles. The van der Waals surface area contributed by atoms with Crippen LogP contribution in [-0.2, 0) is 4.79 Å². The number of hydrogen-bond acceptors (Lipinski definition) is 3. The Balaban J connectivity index is 2.85. The number of carbonyl (C=O) groups excluding carboxylic acids is 1.